The van der Waals surface area contributed by atoms with E-state index in [1.165, 1.54) is 53.2 Å². The van der Waals surface area contributed by atoms with Crippen molar-refractivity contribution in [2.24, 2.45) is 0 Å². The van der Waals surface area contributed by atoms with Crippen LogP contribution in [0.5, 0.6) is 0 Å². The van der Waals surface area contributed by atoms with Gasteiger partial charge in [0.15, 0.2) is 0 Å². The smallest absolute Gasteiger partial charge is 0.0457 e. The van der Waals surface area contributed by atoms with Crippen molar-refractivity contribution < 1.29 is 0 Å². The molecule has 1 aromatic heterocycles. The summed E-state index contributed by atoms with van der Waals surface area (Å²) in [6.45, 7) is 3.96. The molecular formula is C36H25NS. The second-order valence-electron chi connectivity index (χ2n) is 9.48. The molecule has 0 aliphatic carbocycles. The Labute approximate surface area is 226 Å². The summed E-state index contributed by atoms with van der Waals surface area (Å²) in [5.74, 6) is 0. The van der Waals surface area contributed by atoms with Gasteiger partial charge in [0.05, 0.1) is 0 Å². The Hall–Kier alpha value is -4.66. The van der Waals surface area contributed by atoms with E-state index >= 15 is 0 Å². The number of hydrogen-bond acceptors (Lipinski definition) is 2. The topological polar surface area (TPSA) is 12.0 Å². The van der Waals surface area contributed by atoms with Gasteiger partial charge in [-0.2, -0.15) is 0 Å². The van der Waals surface area contributed by atoms with Gasteiger partial charge in [0, 0.05) is 31.5 Å². The van der Waals surface area contributed by atoms with Crippen LogP contribution < -0.4 is 5.32 Å². The van der Waals surface area contributed by atoms with E-state index in [0.29, 0.717) is 0 Å². The van der Waals surface area contributed by atoms with Crippen LogP contribution in [0.1, 0.15) is 5.56 Å². The van der Waals surface area contributed by atoms with Gasteiger partial charge < -0.3 is 5.32 Å². The summed E-state index contributed by atoms with van der Waals surface area (Å²) in [6, 6.07) is 45.7. The van der Waals surface area contributed by atoms with E-state index in [-0.39, 0.29) is 0 Å². The number of hydrogen-bond donors (Lipinski definition) is 1. The number of para-hydroxylation sites is 1. The average Bonchev–Trinajstić information content (AvgIpc) is 3.36. The van der Waals surface area contributed by atoms with E-state index in [0.717, 1.165) is 16.9 Å². The third-order valence-corrected chi connectivity index (χ3v) is 8.39. The van der Waals surface area contributed by atoms with Gasteiger partial charge in [0.2, 0.25) is 0 Å². The fourth-order valence-electron chi connectivity index (χ4n) is 5.49. The van der Waals surface area contributed by atoms with Gasteiger partial charge in [0.1, 0.15) is 0 Å². The molecule has 0 spiro atoms. The molecule has 180 valence electrons. The number of nitrogens with one attached hydrogen (secondary N) is 1. The molecule has 1 nitrogen and oxygen atoms in total. The van der Waals surface area contributed by atoms with Crippen LogP contribution in [0.4, 0.5) is 11.4 Å². The van der Waals surface area contributed by atoms with Crippen LogP contribution in [0.25, 0.3) is 59.3 Å². The highest BCUT2D eigenvalue weighted by Crippen LogP contribution is 2.43. The highest BCUT2D eigenvalue weighted by atomic mass is 32.1. The van der Waals surface area contributed by atoms with E-state index in [1.54, 1.807) is 0 Å². The van der Waals surface area contributed by atoms with Gasteiger partial charge in [-0.05, 0) is 68.9 Å². The van der Waals surface area contributed by atoms with Crippen molar-refractivity contribution >= 4 is 59.7 Å². The summed E-state index contributed by atoms with van der Waals surface area (Å²) in [7, 11) is 0. The zero-order chi connectivity index (χ0) is 25.5. The molecule has 0 bridgehead atoms. The largest absolute Gasteiger partial charge is 0.355 e. The number of rotatable bonds is 5. The monoisotopic (exact) mass is 503 g/mol. The lowest BCUT2D eigenvalue weighted by atomic mass is 9.90. The SMILES string of the molecule is C=Cc1ccccc1Nc1cccc(-c2ccc(-c3cccc4sc5ccccc5c34)c3ccccc23)c1. The molecule has 1 heterocycles. The standard InChI is InChI=1S/C36H25NS/c1-2-24-11-3-7-18-33(24)37-26-13-9-12-25(23-26)27-21-22-30(29-15-5-4-14-28(27)29)31-17-10-20-35-36(31)32-16-6-8-19-34(32)38-35/h2-23,37H,1H2. The van der Waals surface area contributed by atoms with Crippen LogP contribution in [0.3, 0.4) is 0 Å². The first-order valence-corrected chi connectivity index (χ1v) is 13.6. The molecule has 0 saturated carbocycles. The van der Waals surface area contributed by atoms with Gasteiger partial charge >= 0.3 is 0 Å². The predicted octanol–water partition coefficient (Wildman–Crippen LogP) is 10.9. The molecule has 0 aliphatic heterocycles. The van der Waals surface area contributed by atoms with Crippen molar-refractivity contribution in [2.45, 2.75) is 0 Å². The quantitative estimate of drug-likeness (QED) is 0.246. The molecule has 0 saturated heterocycles. The van der Waals surface area contributed by atoms with Gasteiger partial charge in [-0.3, -0.25) is 0 Å². The predicted molar refractivity (Wildman–Crippen MR) is 168 cm³/mol. The summed E-state index contributed by atoms with van der Waals surface area (Å²) in [5, 5.41) is 8.78. The Morgan fingerprint density at radius 3 is 2.11 bits per heavy atom. The van der Waals surface area contributed by atoms with Gasteiger partial charge in [-0.15, -0.1) is 11.3 Å². The fraction of sp³-hybridized carbons (Fsp3) is 0. The van der Waals surface area contributed by atoms with E-state index in [1.807, 2.05) is 29.5 Å². The van der Waals surface area contributed by atoms with Crippen molar-refractivity contribution in [3.05, 3.63) is 140 Å². The van der Waals surface area contributed by atoms with Crippen LogP contribution in [0, 0.1) is 0 Å². The number of fused-ring (bicyclic) bond motifs is 4. The number of thiophene rings is 1. The Kier molecular flexibility index (Phi) is 5.53. The molecule has 0 radical (unpaired) electrons. The summed E-state index contributed by atoms with van der Waals surface area (Å²) in [6.07, 6.45) is 1.88. The van der Waals surface area contributed by atoms with E-state index in [4.69, 9.17) is 0 Å². The lowest BCUT2D eigenvalue weighted by molar-refractivity contribution is 1.53. The second-order valence-corrected chi connectivity index (χ2v) is 10.6. The first kappa shape index (κ1) is 22.5. The normalized spacial score (nSPS) is 11.3. The molecule has 0 amide bonds. The van der Waals surface area contributed by atoms with Crippen molar-refractivity contribution in [2.75, 3.05) is 5.32 Å². The van der Waals surface area contributed by atoms with E-state index in [2.05, 4.69) is 127 Å². The van der Waals surface area contributed by atoms with Gasteiger partial charge in [-0.1, -0.05) is 110 Å². The average molecular weight is 504 g/mol. The maximum absolute atomic E-state index is 3.96. The summed E-state index contributed by atoms with van der Waals surface area (Å²) < 4.78 is 2.66. The third kappa shape index (κ3) is 3.78. The lowest BCUT2D eigenvalue weighted by Crippen LogP contribution is -1.93. The zero-order valence-corrected chi connectivity index (χ0v) is 21.6. The highest BCUT2D eigenvalue weighted by Gasteiger charge is 2.15. The molecule has 7 aromatic rings. The van der Waals surface area contributed by atoms with Crippen molar-refractivity contribution in [3.63, 3.8) is 0 Å². The summed E-state index contributed by atoms with van der Waals surface area (Å²) in [4.78, 5) is 0. The molecule has 0 unspecified atom stereocenters. The molecule has 7 rings (SSSR count). The summed E-state index contributed by atoms with van der Waals surface area (Å²) >= 11 is 1.87. The third-order valence-electron chi connectivity index (χ3n) is 7.25. The minimum atomic E-state index is 1.05. The summed E-state index contributed by atoms with van der Waals surface area (Å²) in [5.41, 5.74) is 8.17. The first-order valence-electron chi connectivity index (χ1n) is 12.8. The maximum Gasteiger partial charge on any atom is 0.0457 e. The van der Waals surface area contributed by atoms with Crippen molar-refractivity contribution in [1.29, 1.82) is 0 Å². The van der Waals surface area contributed by atoms with Crippen LogP contribution in [0.2, 0.25) is 0 Å². The molecule has 6 aromatic carbocycles. The minimum absolute atomic E-state index is 1.05. The Balaban J connectivity index is 1.38. The van der Waals surface area contributed by atoms with Crippen LogP contribution in [-0.2, 0) is 0 Å². The zero-order valence-electron chi connectivity index (χ0n) is 20.8. The van der Waals surface area contributed by atoms with Crippen LogP contribution in [-0.4, -0.2) is 0 Å². The number of benzene rings is 6. The maximum atomic E-state index is 3.96. The van der Waals surface area contributed by atoms with Gasteiger partial charge in [0.25, 0.3) is 0 Å². The number of anilines is 2. The molecule has 0 aliphatic rings. The highest BCUT2D eigenvalue weighted by molar-refractivity contribution is 7.25. The Morgan fingerprint density at radius 2 is 1.24 bits per heavy atom. The van der Waals surface area contributed by atoms with Crippen LogP contribution in [0.15, 0.2) is 134 Å². The molecule has 0 atom stereocenters. The van der Waals surface area contributed by atoms with Crippen molar-refractivity contribution in [1.82, 2.24) is 0 Å². The molecular weight excluding hydrogens is 478 g/mol. The second kappa shape index (κ2) is 9.33. The first-order chi connectivity index (χ1) is 18.8. The Morgan fingerprint density at radius 1 is 0.553 bits per heavy atom. The van der Waals surface area contributed by atoms with Gasteiger partial charge in [-0.25, -0.2) is 0 Å². The molecule has 2 heteroatoms. The molecule has 38 heavy (non-hydrogen) atoms. The fourth-order valence-corrected chi connectivity index (χ4v) is 6.63. The van der Waals surface area contributed by atoms with E-state index in [9.17, 15) is 0 Å². The van der Waals surface area contributed by atoms with E-state index < -0.39 is 0 Å². The minimum Gasteiger partial charge on any atom is -0.355 e. The van der Waals surface area contributed by atoms with Crippen LogP contribution >= 0.6 is 11.3 Å². The molecule has 0 fully saturated rings. The van der Waals surface area contributed by atoms with Crippen molar-refractivity contribution in [3.8, 4) is 22.3 Å². The lowest BCUT2D eigenvalue weighted by Gasteiger charge is -2.15. The molecule has 1 N–H and O–H groups in total. The Bertz CT molecular complexity index is 1980.